The van der Waals surface area contributed by atoms with E-state index >= 15 is 0 Å². The fraction of sp³-hybridized carbons (Fsp3) is 1.00. The normalized spacial score (nSPS) is 22.1. The largest absolute Gasteiger partial charge is 0.453 e. The van der Waals surface area contributed by atoms with Crippen LogP contribution in [0.15, 0.2) is 0 Å². The molecule has 14 heavy (non-hydrogen) atoms. The SMILES string of the molecule is C1CCOC1.CB1OB(C)OB(C)O1. The third kappa shape index (κ3) is 5.05. The summed E-state index contributed by atoms with van der Waals surface area (Å²) in [5, 5.41) is 0. The van der Waals surface area contributed by atoms with E-state index < -0.39 is 0 Å². The lowest BCUT2D eigenvalue weighted by Crippen LogP contribution is -2.44. The molecule has 0 unspecified atom stereocenters. The van der Waals surface area contributed by atoms with E-state index in [1.807, 2.05) is 20.5 Å². The van der Waals surface area contributed by atoms with E-state index in [0.29, 0.717) is 0 Å². The van der Waals surface area contributed by atoms with Crippen molar-refractivity contribution in [3.8, 4) is 0 Å². The highest BCUT2D eigenvalue weighted by Crippen LogP contribution is 2.06. The van der Waals surface area contributed by atoms with Gasteiger partial charge in [0.2, 0.25) is 0 Å². The molecule has 0 radical (unpaired) electrons. The first-order chi connectivity index (χ1) is 6.68. The smallest absolute Gasteiger partial charge is 0.426 e. The van der Waals surface area contributed by atoms with Gasteiger partial charge in [-0.2, -0.15) is 0 Å². The minimum atomic E-state index is -0.135. The number of rotatable bonds is 0. The van der Waals surface area contributed by atoms with E-state index in [1.54, 1.807) is 0 Å². The molecule has 0 aromatic carbocycles. The molecule has 2 aliphatic rings. The van der Waals surface area contributed by atoms with Gasteiger partial charge in [-0.1, -0.05) is 0 Å². The van der Waals surface area contributed by atoms with Crippen molar-refractivity contribution in [2.45, 2.75) is 33.3 Å². The van der Waals surface area contributed by atoms with E-state index in [4.69, 9.17) is 18.5 Å². The summed E-state index contributed by atoms with van der Waals surface area (Å²) in [5.74, 6) is 0. The van der Waals surface area contributed by atoms with Gasteiger partial charge in [-0.25, -0.2) is 0 Å². The van der Waals surface area contributed by atoms with Gasteiger partial charge in [0.05, 0.1) is 0 Å². The van der Waals surface area contributed by atoms with Crippen molar-refractivity contribution < 1.29 is 18.5 Å². The second-order valence-corrected chi connectivity index (χ2v) is 3.43. The second-order valence-electron chi connectivity index (χ2n) is 3.43. The van der Waals surface area contributed by atoms with Gasteiger partial charge in [-0.3, -0.25) is 0 Å². The van der Waals surface area contributed by atoms with Crippen molar-refractivity contribution in [3.05, 3.63) is 0 Å². The molecule has 2 saturated heterocycles. The van der Waals surface area contributed by atoms with Gasteiger partial charge in [0, 0.05) is 13.2 Å². The Labute approximate surface area is 87.1 Å². The van der Waals surface area contributed by atoms with Crippen molar-refractivity contribution in [2.24, 2.45) is 0 Å². The monoisotopic (exact) mass is 198 g/mol. The predicted octanol–water partition coefficient (Wildman–Crippen LogP) is 1.20. The van der Waals surface area contributed by atoms with Gasteiger partial charge in [0.15, 0.2) is 0 Å². The molecule has 7 heteroatoms. The van der Waals surface area contributed by atoms with Gasteiger partial charge in [-0.15, -0.1) is 0 Å². The molecule has 0 aromatic heterocycles. The lowest BCUT2D eigenvalue weighted by atomic mass is 9.74. The van der Waals surface area contributed by atoms with Gasteiger partial charge >= 0.3 is 21.4 Å². The van der Waals surface area contributed by atoms with Crippen LogP contribution in [0.3, 0.4) is 0 Å². The molecular weight excluding hydrogens is 181 g/mol. The maximum absolute atomic E-state index is 5.11. The van der Waals surface area contributed by atoms with Crippen molar-refractivity contribution in [1.82, 2.24) is 0 Å². The molecule has 78 valence electrons. The molecule has 4 nitrogen and oxygen atoms in total. The third-order valence-electron chi connectivity index (χ3n) is 1.98. The average Bonchev–Trinajstić information content (AvgIpc) is 2.56. The summed E-state index contributed by atoms with van der Waals surface area (Å²) in [6.45, 7) is 7.57. The molecule has 2 heterocycles. The molecule has 0 saturated carbocycles. The van der Waals surface area contributed by atoms with Gasteiger partial charge in [0.1, 0.15) is 0 Å². The van der Waals surface area contributed by atoms with E-state index in [9.17, 15) is 0 Å². The molecule has 2 fully saturated rings. The van der Waals surface area contributed by atoms with Crippen LogP contribution in [0, 0.1) is 0 Å². The number of hydrogen-bond acceptors (Lipinski definition) is 4. The molecule has 0 atom stereocenters. The summed E-state index contributed by atoms with van der Waals surface area (Å²) in [6, 6.07) is 0. The fourth-order valence-corrected chi connectivity index (χ4v) is 1.42. The molecule has 0 bridgehead atoms. The van der Waals surface area contributed by atoms with Crippen LogP contribution < -0.4 is 0 Å². The Hall–Kier alpha value is 0.0348. The Morgan fingerprint density at radius 3 is 1.29 bits per heavy atom. The standard InChI is InChI=1S/C4H8O.C3H9B3O3/c1-2-4-5-3-1;1-4-7-5(2)9-6(3)8-4/h1-4H2;1-3H3. The fourth-order valence-electron chi connectivity index (χ4n) is 1.42. The topological polar surface area (TPSA) is 36.9 Å². The van der Waals surface area contributed by atoms with Crippen LogP contribution >= 0.6 is 0 Å². The molecule has 2 rings (SSSR count). The zero-order valence-electron chi connectivity index (χ0n) is 9.19. The minimum absolute atomic E-state index is 0.135. The maximum Gasteiger partial charge on any atom is 0.426 e. The number of hydrogen-bond donors (Lipinski definition) is 0. The number of ether oxygens (including phenoxy) is 1. The van der Waals surface area contributed by atoms with Gasteiger partial charge < -0.3 is 18.5 Å². The zero-order chi connectivity index (χ0) is 10.4. The first-order valence-electron chi connectivity index (χ1n) is 5.22. The van der Waals surface area contributed by atoms with Crippen LogP contribution in [0.1, 0.15) is 12.8 Å². The summed E-state index contributed by atoms with van der Waals surface area (Å²) in [4.78, 5) is 0. The van der Waals surface area contributed by atoms with Crippen LogP contribution in [0.2, 0.25) is 20.5 Å². The average molecular weight is 198 g/mol. The summed E-state index contributed by atoms with van der Waals surface area (Å²) >= 11 is 0. The van der Waals surface area contributed by atoms with Crippen LogP contribution in [0.4, 0.5) is 0 Å². The first kappa shape index (κ1) is 12.1. The van der Waals surface area contributed by atoms with E-state index in [-0.39, 0.29) is 21.4 Å². The van der Waals surface area contributed by atoms with E-state index in [0.717, 1.165) is 13.2 Å². The molecule has 0 N–H and O–H groups in total. The summed E-state index contributed by atoms with van der Waals surface area (Å²) in [5.41, 5.74) is 0. The Morgan fingerprint density at radius 2 is 1.07 bits per heavy atom. The highest BCUT2D eigenvalue weighted by Gasteiger charge is 2.31. The van der Waals surface area contributed by atoms with Crippen molar-refractivity contribution in [3.63, 3.8) is 0 Å². The van der Waals surface area contributed by atoms with Crippen LogP contribution in [0.5, 0.6) is 0 Å². The van der Waals surface area contributed by atoms with Crippen LogP contribution in [0.25, 0.3) is 0 Å². The lowest BCUT2D eigenvalue weighted by Gasteiger charge is -2.25. The van der Waals surface area contributed by atoms with Crippen molar-refractivity contribution in [2.75, 3.05) is 13.2 Å². The Morgan fingerprint density at radius 1 is 0.714 bits per heavy atom. The lowest BCUT2D eigenvalue weighted by molar-refractivity contribution is 0.198. The molecular formula is C7H17B3O4. The van der Waals surface area contributed by atoms with Gasteiger partial charge in [-0.05, 0) is 33.3 Å². The molecule has 0 spiro atoms. The van der Waals surface area contributed by atoms with Crippen molar-refractivity contribution in [1.29, 1.82) is 0 Å². The summed E-state index contributed by atoms with van der Waals surface area (Å²) in [6.07, 6.45) is 2.56. The molecule has 2 aliphatic heterocycles. The van der Waals surface area contributed by atoms with Crippen LogP contribution in [-0.2, 0) is 18.5 Å². The quantitative estimate of drug-likeness (QED) is 0.547. The zero-order valence-corrected chi connectivity index (χ0v) is 9.19. The van der Waals surface area contributed by atoms with Crippen LogP contribution in [-0.4, -0.2) is 34.6 Å². The third-order valence-corrected chi connectivity index (χ3v) is 1.98. The highest BCUT2D eigenvalue weighted by atomic mass is 16.7. The predicted molar refractivity (Wildman–Crippen MR) is 58.2 cm³/mol. The molecule has 0 aliphatic carbocycles. The summed E-state index contributed by atoms with van der Waals surface area (Å²) < 4.78 is 20.3. The Balaban J connectivity index is 0.000000165. The molecule has 0 amide bonds. The van der Waals surface area contributed by atoms with E-state index in [2.05, 4.69) is 0 Å². The van der Waals surface area contributed by atoms with Crippen molar-refractivity contribution >= 4 is 21.4 Å². The maximum atomic E-state index is 5.11. The second kappa shape index (κ2) is 6.51. The Bertz CT molecular complexity index is 123. The Kier molecular flexibility index (Phi) is 5.63. The van der Waals surface area contributed by atoms with E-state index in [1.165, 1.54) is 12.8 Å². The minimum Gasteiger partial charge on any atom is -0.453 e. The van der Waals surface area contributed by atoms with Gasteiger partial charge in [0.25, 0.3) is 0 Å². The highest BCUT2D eigenvalue weighted by molar-refractivity contribution is 6.72. The molecule has 0 aromatic rings. The summed E-state index contributed by atoms with van der Waals surface area (Å²) in [7, 11) is -0.406. The first-order valence-corrected chi connectivity index (χ1v) is 5.22.